The molecule has 0 bridgehead atoms. The van der Waals surface area contributed by atoms with Crippen LogP contribution in [0, 0.1) is 0 Å². The predicted octanol–water partition coefficient (Wildman–Crippen LogP) is -3.62. The van der Waals surface area contributed by atoms with Gasteiger partial charge in [-0.2, -0.15) is 0 Å². The molecule has 1 aliphatic rings. The number of likely N-dealkylation sites (N-methyl/N-ethyl adjacent to an activating group) is 1. The maximum atomic E-state index is 12.3. The molecule has 0 spiro atoms. The van der Waals surface area contributed by atoms with E-state index in [9.17, 15) is 14.4 Å². The van der Waals surface area contributed by atoms with E-state index in [1.165, 1.54) is 11.9 Å². The third kappa shape index (κ3) is 6.55. The second-order valence-electron chi connectivity index (χ2n) is 6.14. The van der Waals surface area contributed by atoms with Gasteiger partial charge in [0.25, 0.3) is 5.91 Å². The molecule has 4 amide bonds. The second-order valence-corrected chi connectivity index (χ2v) is 6.14. The molecule has 1 rings (SSSR count). The quantitative estimate of drug-likeness (QED) is 0.152. The number of rotatable bonds is 7. The highest BCUT2D eigenvalue weighted by molar-refractivity contribution is 6.07. The van der Waals surface area contributed by atoms with Crippen LogP contribution in [0.2, 0.25) is 0 Å². The van der Waals surface area contributed by atoms with Gasteiger partial charge in [0.15, 0.2) is 0 Å². The summed E-state index contributed by atoms with van der Waals surface area (Å²) in [6.07, 6.45) is 1.43. The minimum Gasteiger partial charge on any atom is -0.351 e. The molecule has 0 aromatic carbocycles. The summed E-state index contributed by atoms with van der Waals surface area (Å²) in [6.45, 7) is 0.658. The Labute approximate surface area is 151 Å². The topological polar surface area (TPSA) is 198 Å². The number of nitrogens with one attached hydrogen (secondary N) is 2. The molecule has 0 aromatic heterocycles. The van der Waals surface area contributed by atoms with E-state index in [1.807, 2.05) is 0 Å². The van der Waals surface area contributed by atoms with Crippen molar-refractivity contribution in [2.45, 2.75) is 31.3 Å². The number of aliphatic imine (C=N–C) groups is 1. The van der Waals surface area contributed by atoms with Crippen molar-refractivity contribution in [3.8, 4) is 0 Å². The van der Waals surface area contributed by atoms with Crippen LogP contribution in [-0.4, -0.2) is 78.5 Å². The Balaban J connectivity index is 2.49. The zero-order valence-corrected chi connectivity index (χ0v) is 15.1. The second kappa shape index (κ2) is 9.56. The van der Waals surface area contributed by atoms with Crippen molar-refractivity contribution in [2.24, 2.45) is 27.9 Å². The molecule has 1 aliphatic heterocycles. The molecule has 1 unspecified atom stereocenters. The average Bonchev–Trinajstić information content (AvgIpc) is 2.53. The summed E-state index contributed by atoms with van der Waals surface area (Å²) in [6, 6.07) is -1.96. The molecule has 0 saturated carbocycles. The highest BCUT2D eigenvalue weighted by atomic mass is 16.2. The van der Waals surface area contributed by atoms with Gasteiger partial charge in [0.1, 0.15) is 6.04 Å². The van der Waals surface area contributed by atoms with E-state index in [0.29, 0.717) is 13.0 Å². The number of primary amides is 1. The lowest BCUT2D eigenvalue weighted by Crippen LogP contribution is -2.58. The number of urea groups is 1. The van der Waals surface area contributed by atoms with Crippen LogP contribution in [0.25, 0.3) is 0 Å². The van der Waals surface area contributed by atoms with Crippen molar-refractivity contribution >= 4 is 29.8 Å². The minimum atomic E-state index is -0.836. The van der Waals surface area contributed by atoms with Crippen LogP contribution < -0.4 is 33.6 Å². The highest BCUT2D eigenvalue weighted by Gasteiger charge is 2.31. The summed E-state index contributed by atoms with van der Waals surface area (Å²) in [4.78, 5) is 40.5. The van der Waals surface area contributed by atoms with E-state index in [1.54, 1.807) is 11.6 Å². The molecule has 0 aromatic rings. The lowest BCUT2D eigenvalue weighted by atomic mass is 10.1. The first-order chi connectivity index (χ1) is 12.1. The Hall–Kier alpha value is -2.89. The van der Waals surface area contributed by atoms with Crippen molar-refractivity contribution < 1.29 is 19.0 Å². The molecule has 12 heteroatoms. The van der Waals surface area contributed by atoms with Crippen molar-refractivity contribution in [1.82, 2.24) is 15.5 Å². The Morgan fingerprint density at radius 1 is 1.42 bits per heavy atom. The van der Waals surface area contributed by atoms with Gasteiger partial charge >= 0.3 is 12.0 Å². The summed E-state index contributed by atoms with van der Waals surface area (Å²) in [7, 11) is 3.28. The van der Waals surface area contributed by atoms with Gasteiger partial charge in [-0.25, -0.2) is 9.79 Å². The molecule has 2 atom stereocenters. The van der Waals surface area contributed by atoms with E-state index in [2.05, 4.69) is 15.6 Å². The van der Waals surface area contributed by atoms with E-state index in [4.69, 9.17) is 22.9 Å². The zero-order chi connectivity index (χ0) is 19.9. The van der Waals surface area contributed by atoms with Crippen LogP contribution in [0.4, 0.5) is 4.79 Å². The highest BCUT2D eigenvalue weighted by Crippen LogP contribution is 2.08. The maximum absolute atomic E-state index is 12.3. The number of carbonyl (C=O) groups excluding carboxylic acids is 3. The van der Waals surface area contributed by atoms with Crippen LogP contribution in [0.5, 0.6) is 0 Å². The molecule has 146 valence electrons. The van der Waals surface area contributed by atoms with Crippen molar-refractivity contribution in [2.75, 3.05) is 27.2 Å². The van der Waals surface area contributed by atoms with Gasteiger partial charge in [-0.05, 0) is 12.8 Å². The lowest BCUT2D eigenvalue weighted by Gasteiger charge is -2.30. The Morgan fingerprint density at radius 3 is 2.62 bits per heavy atom. The molecule has 1 heterocycles. The normalized spacial score (nSPS) is 17.6. The van der Waals surface area contributed by atoms with E-state index >= 15 is 0 Å². The molecule has 0 radical (unpaired) electrons. The van der Waals surface area contributed by atoms with Crippen LogP contribution in [-0.2, 0) is 9.59 Å². The maximum Gasteiger partial charge on any atom is 0.340 e. The van der Waals surface area contributed by atoms with Crippen LogP contribution in [0.3, 0.4) is 0 Å². The Kier molecular flexibility index (Phi) is 7.77. The van der Waals surface area contributed by atoms with Crippen LogP contribution >= 0.6 is 0 Å². The fraction of sp³-hybridized carbons (Fsp3) is 0.643. The molecule has 12 nitrogen and oxygen atoms in total. The number of amides is 4. The molecule has 26 heavy (non-hydrogen) atoms. The fourth-order valence-electron chi connectivity index (χ4n) is 2.35. The van der Waals surface area contributed by atoms with Crippen molar-refractivity contribution in [3.05, 3.63) is 0 Å². The van der Waals surface area contributed by atoms with Gasteiger partial charge < -0.3 is 16.4 Å². The summed E-state index contributed by atoms with van der Waals surface area (Å²) in [5.41, 5.74) is 21.9. The van der Waals surface area contributed by atoms with Gasteiger partial charge in [-0.15, -0.1) is 0 Å². The van der Waals surface area contributed by atoms with Gasteiger partial charge in [-0.1, -0.05) is 0 Å². The first-order valence-corrected chi connectivity index (χ1v) is 8.13. The average molecular weight is 370 g/mol. The summed E-state index contributed by atoms with van der Waals surface area (Å²) in [5.74, 6) is -0.527. The minimum absolute atomic E-state index is 0.0231. The largest absolute Gasteiger partial charge is 0.351 e. The van der Waals surface area contributed by atoms with E-state index < -0.39 is 18.0 Å². The zero-order valence-electron chi connectivity index (χ0n) is 15.1. The molecule has 0 saturated heterocycles. The van der Waals surface area contributed by atoms with E-state index in [-0.39, 0.29) is 36.8 Å². The fourth-order valence-corrected chi connectivity index (χ4v) is 2.35. The summed E-state index contributed by atoms with van der Waals surface area (Å²) < 4.78 is 1.70. The van der Waals surface area contributed by atoms with Gasteiger partial charge in [0, 0.05) is 19.5 Å². The van der Waals surface area contributed by atoms with Gasteiger partial charge in [-0.3, -0.25) is 36.3 Å². The Bertz CT molecular complexity index is 613. The molecular weight excluding hydrogens is 342 g/mol. The first kappa shape index (κ1) is 21.2. The van der Waals surface area contributed by atoms with Crippen LogP contribution in [0.1, 0.15) is 19.3 Å². The third-order valence-corrected chi connectivity index (χ3v) is 4.02. The monoisotopic (exact) mass is 370 g/mol. The van der Waals surface area contributed by atoms with Gasteiger partial charge in [0.2, 0.25) is 11.9 Å². The number of nitrogens with two attached hydrogens (primary N) is 4. The number of nitrogens with zero attached hydrogens (tertiary/aromatic N) is 3. The standard InChI is InChI=1S/C14H27N9O3/c1-22(12(16)17)5-3-4-8(15)6-10(24)23(2)9-7-19-14(20-11(9)25)21-13(18)26/h8-9H,3-7,15H2,1-2H3,(H7,16,17,18,19,20,21,25,26)/p+1/t8-,9?/m0/s1. The van der Waals surface area contributed by atoms with Crippen molar-refractivity contribution in [3.63, 3.8) is 0 Å². The SMILES string of the molecule is CN(C(=O)C[C@@H](N)CCC[N+](C)=C(N)N)C1CN=C(NC(N)=O)NC1=O. The first-order valence-electron chi connectivity index (χ1n) is 8.13. The van der Waals surface area contributed by atoms with Gasteiger partial charge in [0.05, 0.1) is 20.1 Å². The lowest BCUT2D eigenvalue weighted by molar-refractivity contribution is -0.499. The smallest absolute Gasteiger partial charge is 0.340 e. The molecular formula is C14H28N9O3+. The van der Waals surface area contributed by atoms with Crippen LogP contribution in [0.15, 0.2) is 4.99 Å². The van der Waals surface area contributed by atoms with Crippen molar-refractivity contribution in [1.29, 1.82) is 0 Å². The predicted molar refractivity (Wildman–Crippen MR) is 96.0 cm³/mol. The molecule has 0 fully saturated rings. The number of hydrogen-bond donors (Lipinski definition) is 6. The molecule has 0 aliphatic carbocycles. The summed E-state index contributed by atoms with van der Waals surface area (Å²) >= 11 is 0. The van der Waals surface area contributed by atoms with E-state index in [0.717, 1.165) is 6.42 Å². The number of guanidine groups is 2. The Morgan fingerprint density at radius 2 is 2.08 bits per heavy atom. The number of hydrogen-bond acceptors (Lipinski definition) is 5. The number of carbonyl (C=O) groups is 3. The summed E-state index contributed by atoms with van der Waals surface area (Å²) in [5, 5.41) is 4.57. The third-order valence-electron chi connectivity index (χ3n) is 4.02. The molecule has 10 N–H and O–H groups in total.